The molecule has 1 saturated heterocycles. The van der Waals surface area contributed by atoms with Crippen molar-refractivity contribution in [3.63, 3.8) is 0 Å². The molecule has 1 aliphatic rings. The number of nitrogens with zero attached hydrogens (tertiary/aromatic N) is 1. The van der Waals surface area contributed by atoms with Gasteiger partial charge in [-0.05, 0) is 41.3 Å². The number of aromatic amines is 1. The molecule has 1 fully saturated rings. The predicted molar refractivity (Wildman–Crippen MR) is 146 cm³/mol. The number of rotatable bonds is 8. The summed E-state index contributed by atoms with van der Waals surface area (Å²) >= 11 is 3.44. The highest BCUT2D eigenvalue weighted by molar-refractivity contribution is 9.10. The fourth-order valence-electron chi connectivity index (χ4n) is 4.35. The highest BCUT2D eigenvalue weighted by Crippen LogP contribution is 2.36. The van der Waals surface area contributed by atoms with Gasteiger partial charge in [-0.3, -0.25) is 9.52 Å². The topological polar surface area (TPSA) is 138 Å². The number of halogens is 1. The molecular formula is C26H23BrN4O5S2. The lowest BCUT2D eigenvalue weighted by molar-refractivity contribution is -0.118. The summed E-state index contributed by atoms with van der Waals surface area (Å²) in [5.41, 5.74) is 2.83. The van der Waals surface area contributed by atoms with Gasteiger partial charge in [0.05, 0.1) is 29.2 Å². The second-order valence-corrected chi connectivity index (χ2v) is 13.3. The summed E-state index contributed by atoms with van der Waals surface area (Å²) in [6, 6.07) is 22.0. The maximum Gasteiger partial charge on any atom is 0.242 e. The van der Waals surface area contributed by atoms with Crippen LogP contribution in [-0.4, -0.2) is 32.7 Å². The van der Waals surface area contributed by atoms with Gasteiger partial charge in [-0.1, -0.05) is 76.6 Å². The first-order valence-corrected chi connectivity index (χ1v) is 15.4. The van der Waals surface area contributed by atoms with E-state index < -0.39 is 37.2 Å². The Morgan fingerprint density at radius 1 is 1.03 bits per heavy atom. The molecule has 5 rings (SSSR count). The van der Waals surface area contributed by atoms with Crippen LogP contribution in [0, 0.1) is 0 Å². The fourth-order valence-corrected chi connectivity index (χ4v) is 7.88. The van der Waals surface area contributed by atoms with Crippen molar-refractivity contribution >= 4 is 41.9 Å². The molecule has 196 valence electrons. The Balaban J connectivity index is 1.47. The Morgan fingerprint density at radius 2 is 1.71 bits per heavy atom. The maximum absolute atomic E-state index is 13.2. The first kappa shape index (κ1) is 26.3. The van der Waals surface area contributed by atoms with Crippen LogP contribution in [0.4, 0.5) is 0 Å². The van der Waals surface area contributed by atoms with E-state index in [0.29, 0.717) is 15.9 Å². The Hall–Kier alpha value is -3.32. The average molecular weight is 616 g/mol. The van der Waals surface area contributed by atoms with Crippen LogP contribution in [0.5, 0.6) is 0 Å². The van der Waals surface area contributed by atoms with Gasteiger partial charge in [-0.2, -0.15) is 0 Å². The highest BCUT2D eigenvalue weighted by Gasteiger charge is 2.39. The zero-order chi connectivity index (χ0) is 26.9. The number of carbonyl (C=O) groups is 1. The normalized spacial score (nSPS) is 17.7. The number of amides is 1. The highest BCUT2D eigenvalue weighted by atomic mass is 79.9. The minimum atomic E-state index is -3.88. The second kappa shape index (κ2) is 10.4. The summed E-state index contributed by atoms with van der Waals surface area (Å²) in [5.74, 6) is -0.120. The number of hydrogen-bond acceptors (Lipinski definition) is 6. The summed E-state index contributed by atoms with van der Waals surface area (Å²) in [6.07, 6.45) is 1.72. The Morgan fingerprint density at radius 3 is 2.34 bits per heavy atom. The molecule has 0 bridgehead atoms. The second-order valence-electron chi connectivity index (χ2n) is 8.86. The van der Waals surface area contributed by atoms with E-state index in [0.717, 1.165) is 16.8 Å². The number of aromatic nitrogens is 2. The number of benzene rings is 3. The van der Waals surface area contributed by atoms with E-state index in [9.17, 15) is 21.6 Å². The lowest BCUT2D eigenvalue weighted by Crippen LogP contribution is -2.31. The molecule has 0 saturated carbocycles. The van der Waals surface area contributed by atoms with Crippen molar-refractivity contribution in [2.45, 2.75) is 29.0 Å². The molecule has 0 aliphatic carbocycles. The third kappa shape index (κ3) is 5.58. The number of carbonyl (C=O) groups excluding carboxylic acids is 1. The van der Waals surface area contributed by atoms with Gasteiger partial charge in [0.25, 0.3) is 0 Å². The fraction of sp³-hybridized carbons (Fsp3) is 0.154. The monoisotopic (exact) mass is 614 g/mol. The van der Waals surface area contributed by atoms with Gasteiger partial charge < -0.3 is 4.98 Å². The lowest BCUT2D eigenvalue weighted by atomic mass is 10.0. The molecule has 1 unspecified atom stereocenters. The molecule has 9 nitrogen and oxygen atoms in total. The Labute approximate surface area is 229 Å². The van der Waals surface area contributed by atoms with Gasteiger partial charge in [0.15, 0.2) is 0 Å². The zero-order valence-electron chi connectivity index (χ0n) is 19.8. The lowest BCUT2D eigenvalue weighted by Gasteiger charge is -2.18. The van der Waals surface area contributed by atoms with Crippen LogP contribution in [0.1, 0.15) is 34.7 Å². The molecule has 1 aliphatic heterocycles. The molecule has 3 N–H and O–H groups in total. The van der Waals surface area contributed by atoms with E-state index >= 15 is 0 Å². The molecular weight excluding hydrogens is 592 g/mol. The Bertz CT molecular complexity index is 1690. The smallest absolute Gasteiger partial charge is 0.242 e. The first-order chi connectivity index (χ1) is 18.1. The van der Waals surface area contributed by atoms with Crippen LogP contribution >= 0.6 is 15.9 Å². The largest absolute Gasteiger partial charge is 0.341 e. The standard InChI is InChI=1S/C26H23BrN4O5S2/c27-21-13-17(11-12-20(21)24-15-25(32)31-38(24,35)36)14-22(30-37(33,34)19-9-5-2-6-10-19)26-28-16-23(29-26)18-7-3-1-4-8-18/h1-13,16,22,24,30H,14-15H2,(H,28,29)(H,31,32)/t22-,24?/m0/s1. The van der Waals surface area contributed by atoms with Crippen LogP contribution in [0.2, 0.25) is 0 Å². The molecule has 0 spiro atoms. The van der Waals surface area contributed by atoms with E-state index in [4.69, 9.17) is 0 Å². The van der Waals surface area contributed by atoms with Crippen molar-refractivity contribution in [3.05, 3.63) is 106 Å². The summed E-state index contributed by atoms with van der Waals surface area (Å²) in [5, 5.41) is -0.996. The minimum absolute atomic E-state index is 0.125. The molecule has 2 atom stereocenters. The zero-order valence-corrected chi connectivity index (χ0v) is 23.1. The molecule has 3 aromatic carbocycles. The maximum atomic E-state index is 13.2. The third-order valence-corrected chi connectivity index (χ3v) is 10.1. The number of hydrogen-bond donors (Lipinski definition) is 3. The number of sulfonamides is 2. The van der Waals surface area contributed by atoms with Gasteiger partial charge in [0.2, 0.25) is 26.0 Å². The molecule has 2 heterocycles. The molecule has 38 heavy (non-hydrogen) atoms. The van der Waals surface area contributed by atoms with Crippen molar-refractivity contribution in [1.29, 1.82) is 0 Å². The quantitative estimate of drug-likeness (QED) is 0.274. The molecule has 1 aromatic heterocycles. The van der Waals surface area contributed by atoms with E-state index in [-0.39, 0.29) is 17.7 Å². The molecule has 12 heteroatoms. The van der Waals surface area contributed by atoms with Crippen molar-refractivity contribution in [2.24, 2.45) is 0 Å². The van der Waals surface area contributed by atoms with Crippen molar-refractivity contribution in [2.75, 3.05) is 0 Å². The predicted octanol–water partition coefficient (Wildman–Crippen LogP) is 3.99. The van der Waals surface area contributed by atoms with Crippen molar-refractivity contribution < 1.29 is 21.6 Å². The van der Waals surface area contributed by atoms with Crippen LogP contribution < -0.4 is 9.44 Å². The van der Waals surface area contributed by atoms with Gasteiger partial charge in [0, 0.05) is 4.47 Å². The van der Waals surface area contributed by atoms with E-state index in [1.807, 2.05) is 35.1 Å². The van der Waals surface area contributed by atoms with Crippen molar-refractivity contribution in [3.8, 4) is 11.3 Å². The van der Waals surface area contributed by atoms with E-state index in [1.54, 1.807) is 42.6 Å². The van der Waals surface area contributed by atoms with Crippen LogP contribution in [-0.2, 0) is 31.3 Å². The Kier molecular flexibility index (Phi) is 7.23. The number of H-pyrrole nitrogens is 1. The van der Waals surface area contributed by atoms with Crippen LogP contribution in [0.25, 0.3) is 11.3 Å². The van der Waals surface area contributed by atoms with E-state index in [1.165, 1.54) is 12.1 Å². The summed E-state index contributed by atoms with van der Waals surface area (Å²) in [7, 11) is -7.69. The summed E-state index contributed by atoms with van der Waals surface area (Å²) < 4.78 is 56.4. The number of imidazole rings is 1. The summed E-state index contributed by atoms with van der Waals surface area (Å²) in [4.78, 5) is 19.5. The van der Waals surface area contributed by atoms with Crippen LogP contribution in [0.3, 0.4) is 0 Å². The van der Waals surface area contributed by atoms with Gasteiger partial charge in [-0.15, -0.1) is 0 Å². The summed E-state index contributed by atoms with van der Waals surface area (Å²) in [6.45, 7) is 0. The molecule has 0 radical (unpaired) electrons. The average Bonchev–Trinajstić information content (AvgIpc) is 3.48. The number of nitrogens with one attached hydrogen (secondary N) is 3. The van der Waals surface area contributed by atoms with E-state index in [2.05, 4.69) is 30.6 Å². The first-order valence-electron chi connectivity index (χ1n) is 11.6. The van der Waals surface area contributed by atoms with Crippen molar-refractivity contribution in [1.82, 2.24) is 19.4 Å². The third-order valence-electron chi connectivity index (χ3n) is 6.21. The molecule has 4 aromatic rings. The van der Waals surface area contributed by atoms with Gasteiger partial charge in [0.1, 0.15) is 11.1 Å². The SMILES string of the molecule is O=C1CC(c2ccc(C[C@H](NS(=O)(=O)c3ccccc3)c3ncc(-c4ccccc4)[nH]3)cc2Br)S(=O)(=O)N1. The molecule has 1 amide bonds. The van der Waals surface area contributed by atoms with Gasteiger partial charge >= 0.3 is 0 Å². The minimum Gasteiger partial charge on any atom is -0.341 e. The van der Waals surface area contributed by atoms with Crippen LogP contribution in [0.15, 0.2) is 94.4 Å². The van der Waals surface area contributed by atoms with Gasteiger partial charge in [-0.25, -0.2) is 26.5 Å².